The van der Waals surface area contributed by atoms with Gasteiger partial charge in [-0.15, -0.1) is 11.6 Å². The molecule has 0 aliphatic carbocycles. The number of hydrogen-bond donors (Lipinski definition) is 1. The van der Waals surface area contributed by atoms with Gasteiger partial charge >= 0.3 is 0 Å². The molecule has 2 nitrogen and oxygen atoms in total. The van der Waals surface area contributed by atoms with E-state index in [2.05, 4.69) is 21.2 Å². The van der Waals surface area contributed by atoms with Crippen molar-refractivity contribution < 1.29 is 4.79 Å². The molecular formula is C13H17BrClNO. The van der Waals surface area contributed by atoms with Gasteiger partial charge in [0.2, 0.25) is 0 Å². The van der Waals surface area contributed by atoms with Gasteiger partial charge in [0.15, 0.2) is 0 Å². The van der Waals surface area contributed by atoms with E-state index in [0.29, 0.717) is 11.4 Å². The van der Waals surface area contributed by atoms with Crippen molar-refractivity contribution in [3.63, 3.8) is 0 Å². The van der Waals surface area contributed by atoms with Crippen LogP contribution in [0.15, 0.2) is 28.7 Å². The first kappa shape index (κ1) is 14.5. The molecule has 0 saturated heterocycles. The molecule has 1 N–H and O–H groups in total. The highest BCUT2D eigenvalue weighted by Gasteiger charge is 2.27. The van der Waals surface area contributed by atoms with E-state index in [1.54, 1.807) is 12.1 Å². The highest BCUT2D eigenvalue weighted by Crippen LogP contribution is 2.18. The Kier molecular flexibility index (Phi) is 5.47. The van der Waals surface area contributed by atoms with Crippen LogP contribution in [0.3, 0.4) is 0 Å². The molecule has 94 valence electrons. The highest BCUT2D eigenvalue weighted by molar-refractivity contribution is 9.10. The number of amides is 1. The van der Waals surface area contributed by atoms with Crippen LogP contribution in [-0.4, -0.2) is 17.3 Å². The zero-order chi connectivity index (χ0) is 12.9. The number of carbonyl (C=O) groups excluding carboxylic acids is 1. The fourth-order valence-electron chi connectivity index (χ4n) is 1.56. The lowest BCUT2D eigenvalue weighted by atomic mass is 9.94. The third-order valence-electron chi connectivity index (χ3n) is 3.09. The summed E-state index contributed by atoms with van der Waals surface area (Å²) < 4.78 is 0.962. The Hall–Kier alpha value is -0.540. The van der Waals surface area contributed by atoms with Crippen LogP contribution in [0.5, 0.6) is 0 Å². The maximum absolute atomic E-state index is 12.1. The molecule has 1 rings (SSSR count). The second kappa shape index (κ2) is 6.41. The van der Waals surface area contributed by atoms with Gasteiger partial charge in [0.1, 0.15) is 0 Å². The number of carbonyl (C=O) groups is 1. The van der Waals surface area contributed by atoms with Crippen molar-refractivity contribution in [2.45, 2.75) is 32.2 Å². The summed E-state index contributed by atoms with van der Waals surface area (Å²) in [7, 11) is 0. The molecule has 0 heterocycles. The predicted molar refractivity (Wildman–Crippen MR) is 75.6 cm³/mol. The minimum atomic E-state index is -0.300. The zero-order valence-electron chi connectivity index (χ0n) is 10.1. The Bertz CT molecular complexity index is 365. The molecule has 0 bridgehead atoms. The fourth-order valence-corrected chi connectivity index (χ4v) is 2.27. The number of halogens is 2. The smallest absolute Gasteiger partial charge is 0.251 e. The van der Waals surface area contributed by atoms with E-state index in [1.165, 1.54) is 0 Å². The molecule has 1 amide bonds. The Morgan fingerprint density at radius 1 is 1.29 bits per heavy atom. The summed E-state index contributed by atoms with van der Waals surface area (Å²) in [5.74, 6) is 0.365. The van der Waals surface area contributed by atoms with Crippen LogP contribution in [0.4, 0.5) is 0 Å². The first-order valence-corrected chi connectivity index (χ1v) is 7.03. The molecule has 0 atom stereocenters. The van der Waals surface area contributed by atoms with Crippen molar-refractivity contribution >= 4 is 33.4 Å². The first-order chi connectivity index (χ1) is 8.06. The average Bonchev–Trinajstić information content (AvgIpc) is 2.37. The molecule has 0 radical (unpaired) electrons. The monoisotopic (exact) mass is 317 g/mol. The van der Waals surface area contributed by atoms with Gasteiger partial charge in [-0.3, -0.25) is 4.79 Å². The van der Waals surface area contributed by atoms with E-state index in [-0.39, 0.29) is 11.4 Å². The molecule has 4 heteroatoms. The predicted octanol–water partition coefficient (Wildman–Crippen LogP) is 3.98. The quantitative estimate of drug-likeness (QED) is 0.818. The van der Waals surface area contributed by atoms with Crippen molar-refractivity contribution in [1.82, 2.24) is 5.32 Å². The molecular weight excluding hydrogens is 302 g/mol. The van der Waals surface area contributed by atoms with Gasteiger partial charge in [0.25, 0.3) is 5.91 Å². The summed E-state index contributed by atoms with van der Waals surface area (Å²) in [5.41, 5.74) is 0.357. The van der Waals surface area contributed by atoms with Gasteiger partial charge in [-0.2, -0.15) is 0 Å². The van der Waals surface area contributed by atoms with Gasteiger partial charge in [0, 0.05) is 15.9 Å². The zero-order valence-corrected chi connectivity index (χ0v) is 12.4. The van der Waals surface area contributed by atoms with Gasteiger partial charge in [-0.05, 0) is 37.1 Å². The van der Waals surface area contributed by atoms with Crippen LogP contribution in [0.25, 0.3) is 0 Å². The van der Waals surface area contributed by atoms with Gasteiger partial charge in [-0.1, -0.05) is 29.8 Å². The van der Waals surface area contributed by atoms with E-state index in [4.69, 9.17) is 11.6 Å². The Morgan fingerprint density at radius 2 is 1.82 bits per heavy atom. The minimum Gasteiger partial charge on any atom is -0.345 e. The first-order valence-electron chi connectivity index (χ1n) is 5.71. The molecule has 0 aliphatic heterocycles. The SMILES string of the molecule is CCC(CC)(CCl)NC(=O)c1ccc(Br)cc1. The second-order valence-electron chi connectivity index (χ2n) is 4.08. The van der Waals surface area contributed by atoms with Crippen LogP contribution >= 0.6 is 27.5 Å². The maximum Gasteiger partial charge on any atom is 0.251 e. The number of nitrogens with one attached hydrogen (secondary N) is 1. The van der Waals surface area contributed by atoms with Crippen LogP contribution in [0, 0.1) is 0 Å². The lowest BCUT2D eigenvalue weighted by Crippen LogP contribution is -2.49. The number of hydrogen-bond acceptors (Lipinski definition) is 1. The van der Waals surface area contributed by atoms with E-state index in [1.807, 2.05) is 26.0 Å². The largest absolute Gasteiger partial charge is 0.345 e. The van der Waals surface area contributed by atoms with Crippen molar-refractivity contribution in [3.05, 3.63) is 34.3 Å². The molecule has 0 aromatic heterocycles. The Balaban J connectivity index is 2.81. The van der Waals surface area contributed by atoms with Crippen LogP contribution in [-0.2, 0) is 0 Å². The molecule has 1 aromatic carbocycles. The minimum absolute atomic E-state index is 0.0677. The molecule has 0 aliphatic rings. The van der Waals surface area contributed by atoms with Crippen LogP contribution < -0.4 is 5.32 Å². The van der Waals surface area contributed by atoms with E-state index in [0.717, 1.165) is 17.3 Å². The van der Waals surface area contributed by atoms with Crippen LogP contribution in [0.2, 0.25) is 0 Å². The van der Waals surface area contributed by atoms with E-state index >= 15 is 0 Å². The summed E-state index contributed by atoms with van der Waals surface area (Å²) in [6, 6.07) is 7.30. The van der Waals surface area contributed by atoms with Gasteiger partial charge in [-0.25, -0.2) is 0 Å². The summed E-state index contributed by atoms with van der Waals surface area (Å²) in [6.45, 7) is 4.07. The van der Waals surface area contributed by atoms with Crippen molar-refractivity contribution in [2.24, 2.45) is 0 Å². The molecule has 0 spiro atoms. The third kappa shape index (κ3) is 3.71. The topological polar surface area (TPSA) is 29.1 Å². The molecule has 1 aromatic rings. The standard InChI is InChI=1S/C13H17BrClNO/c1-3-13(4-2,9-15)16-12(17)10-5-7-11(14)8-6-10/h5-8H,3-4,9H2,1-2H3,(H,16,17). The number of rotatable bonds is 5. The van der Waals surface area contributed by atoms with Crippen molar-refractivity contribution in [2.75, 3.05) is 5.88 Å². The summed E-state index contributed by atoms with van der Waals surface area (Å²) >= 11 is 9.30. The Morgan fingerprint density at radius 3 is 2.24 bits per heavy atom. The summed E-state index contributed by atoms with van der Waals surface area (Å²) in [4.78, 5) is 12.1. The number of alkyl halides is 1. The normalized spacial score (nSPS) is 11.3. The molecule has 0 unspecified atom stereocenters. The Labute approximate surface area is 116 Å². The van der Waals surface area contributed by atoms with Gasteiger partial charge in [0.05, 0.1) is 5.54 Å². The lowest BCUT2D eigenvalue weighted by Gasteiger charge is -2.30. The van der Waals surface area contributed by atoms with E-state index in [9.17, 15) is 4.79 Å². The highest BCUT2D eigenvalue weighted by atomic mass is 79.9. The average molecular weight is 319 g/mol. The van der Waals surface area contributed by atoms with E-state index < -0.39 is 0 Å². The second-order valence-corrected chi connectivity index (χ2v) is 5.27. The number of benzene rings is 1. The van der Waals surface area contributed by atoms with Crippen molar-refractivity contribution in [3.8, 4) is 0 Å². The molecule has 17 heavy (non-hydrogen) atoms. The summed E-state index contributed by atoms with van der Waals surface area (Å²) in [6.07, 6.45) is 1.66. The molecule has 0 saturated carbocycles. The van der Waals surface area contributed by atoms with Gasteiger partial charge < -0.3 is 5.32 Å². The summed E-state index contributed by atoms with van der Waals surface area (Å²) in [5, 5.41) is 3.03. The lowest BCUT2D eigenvalue weighted by molar-refractivity contribution is 0.0902. The maximum atomic E-state index is 12.1. The van der Waals surface area contributed by atoms with Crippen molar-refractivity contribution in [1.29, 1.82) is 0 Å². The fraction of sp³-hybridized carbons (Fsp3) is 0.462. The third-order valence-corrected chi connectivity index (χ3v) is 4.13. The molecule has 0 fully saturated rings. The van der Waals surface area contributed by atoms with Crippen LogP contribution in [0.1, 0.15) is 37.0 Å².